The molecule has 0 aliphatic heterocycles. The average molecular weight is 230 g/mol. The summed E-state index contributed by atoms with van der Waals surface area (Å²) in [5.74, 6) is 2.07. The van der Waals surface area contributed by atoms with Gasteiger partial charge in [0.05, 0.1) is 0 Å². The molecule has 0 amide bonds. The van der Waals surface area contributed by atoms with E-state index < -0.39 is 0 Å². The first kappa shape index (κ1) is 13.3. The van der Waals surface area contributed by atoms with E-state index in [1.165, 1.54) is 38.0 Å². The van der Waals surface area contributed by atoms with Gasteiger partial charge in [0.15, 0.2) is 0 Å². The third-order valence-corrected chi connectivity index (χ3v) is 4.35. The zero-order chi connectivity index (χ0) is 11.3. The first-order chi connectivity index (χ1) is 7.13. The van der Waals surface area contributed by atoms with Crippen molar-refractivity contribution in [3.63, 3.8) is 0 Å². The highest BCUT2D eigenvalue weighted by Gasteiger charge is 2.21. The Morgan fingerprint density at radius 3 is 2.80 bits per heavy atom. The number of hydrogen-bond acceptors (Lipinski definition) is 3. The molecule has 0 radical (unpaired) electrons. The van der Waals surface area contributed by atoms with E-state index in [4.69, 9.17) is 5.73 Å². The molecule has 1 saturated carbocycles. The number of nitrogens with zero attached hydrogens (tertiary/aromatic N) is 1. The first-order valence-electron chi connectivity index (χ1n) is 6.08. The fourth-order valence-corrected chi connectivity index (χ4v) is 3.19. The molecule has 0 bridgehead atoms. The third-order valence-electron chi connectivity index (χ3n) is 3.53. The van der Waals surface area contributed by atoms with Crippen LogP contribution in [-0.2, 0) is 0 Å². The number of nitrogens with two attached hydrogens (primary N) is 1. The molecule has 0 spiro atoms. The Morgan fingerprint density at radius 1 is 1.47 bits per heavy atom. The van der Waals surface area contributed by atoms with Crippen LogP contribution in [0, 0.1) is 5.92 Å². The van der Waals surface area contributed by atoms with Gasteiger partial charge in [0.1, 0.15) is 0 Å². The van der Waals surface area contributed by atoms with Crippen molar-refractivity contribution in [1.29, 1.82) is 0 Å². The van der Waals surface area contributed by atoms with Gasteiger partial charge in [-0.3, -0.25) is 0 Å². The first-order valence-corrected chi connectivity index (χ1v) is 7.47. The van der Waals surface area contributed by atoms with Gasteiger partial charge in [0.25, 0.3) is 0 Å². The largest absolute Gasteiger partial charge is 0.328 e. The van der Waals surface area contributed by atoms with Gasteiger partial charge in [-0.1, -0.05) is 6.42 Å². The summed E-state index contributed by atoms with van der Waals surface area (Å²) in [4.78, 5) is 2.50. The maximum atomic E-state index is 6.01. The highest BCUT2D eigenvalue weighted by atomic mass is 32.2. The van der Waals surface area contributed by atoms with Gasteiger partial charge < -0.3 is 10.6 Å². The SMILES string of the molecule is CSCC(C)N(C)CC1CCCC(N)C1. The summed E-state index contributed by atoms with van der Waals surface area (Å²) in [6.07, 6.45) is 7.36. The second kappa shape index (κ2) is 6.77. The van der Waals surface area contributed by atoms with Crippen molar-refractivity contribution in [1.82, 2.24) is 4.90 Å². The van der Waals surface area contributed by atoms with E-state index in [2.05, 4.69) is 25.1 Å². The van der Waals surface area contributed by atoms with E-state index in [0.717, 1.165) is 5.92 Å². The lowest BCUT2D eigenvalue weighted by molar-refractivity contribution is 0.194. The molecule has 15 heavy (non-hydrogen) atoms. The summed E-state index contributed by atoms with van der Waals surface area (Å²) in [7, 11) is 2.25. The van der Waals surface area contributed by atoms with Crippen LogP contribution in [0.15, 0.2) is 0 Å². The third kappa shape index (κ3) is 4.75. The number of rotatable bonds is 5. The average Bonchev–Trinajstić information content (AvgIpc) is 2.18. The van der Waals surface area contributed by atoms with E-state index in [-0.39, 0.29) is 0 Å². The molecule has 1 fully saturated rings. The van der Waals surface area contributed by atoms with Crippen LogP contribution >= 0.6 is 11.8 Å². The van der Waals surface area contributed by atoms with Crippen molar-refractivity contribution in [2.45, 2.75) is 44.7 Å². The van der Waals surface area contributed by atoms with Crippen LogP contribution in [0.3, 0.4) is 0 Å². The lowest BCUT2D eigenvalue weighted by Gasteiger charge is -2.32. The Balaban J connectivity index is 2.26. The van der Waals surface area contributed by atoms with Crippen molar-refractivity contribution in [2.24, 2.45) is 11.7 Å². The zero-order valence-electron chi connectivity index (χ0n) is 10.4. The molecule has 0 aromatic heterocycles. The van der Waals surface area contributed by atoms with Gasteiger partial charge in [0.2, 0.25) is 0 Å². The summed E-state index contributed by atoms with van der Waals surface area (Å²) in [6, 6.07) is 1.16. The lowest BCUT2D eigenvalue weighted by atomic mass is 9.86. The van der Waals surface area contributed by atoms with Crippen molar-refractivity contribution >= 4 is 11.8 Å². The Bertz CT molecular complexity index is 175. The van der Waals surface area contributed by atoms with Crippen LogP contribution < -0.4 is 5.73 Å². The van der Waals surface area contributed by atoms with E-state index in [9.17, 15) is 0 Å². The lowest BCUT2D eigenvalue weighted by Crippen LogP contribution is -2.38. The van der Waals surface area contributed by atoms with E-state index in [1.54, 1.807) is 0 Å². The quantitative estimate of drug-likeness (QED) is 0.785. The van der Waals surface area contributed by atoms with Crippen molar-refractivity contribution < 1.29 is 0 Å². The monoisotopic (exact) mass is 230 g/mol. The molecule has 3 heteroatoms. The van der Waals surface area contributed by atoms with Gasteiger partial charge in [-0.25, -0.2) is 0 Å². The molecule has 3 atom stereocenters. The minimum Gasteiger partial charge on any atom is -0.328 e. The van der Waals surface area contributed by atoms with E-state index >= 15 is 0 Å². The van der Waals surface area contributed by atoms with Gasteiger partial charge >= 0.3 is 0 Å². The van der Waals surface area contributed by atoms with Crippen molar-refractivity contribution in [3.05, 3.63) is 0 Å². The van der Waals surface area contributed by atoms with Gasteiger partial charge in [0, 0.05) is 24.4 Å². The highest BCUT2D eigenvalue weighted by molar-refractivity contribution is 7.98. The molecule has 2 nitrogen and oxygen atoms in total. The van der Waals surface area contributed by atoms with E-state index in [1.807, 2.05) is 11.8 Å². The smallest absolute Gasteiger partial charge is 0.0155 e. The molecular formula is C12H26N2S. The second-order valence-corrected chi connectivity index (χ2v) is 5.95. The van der Waals surface area contributed by atoms with Crippen LogP contribution in [0.2, 0.25) is 0 Å². The van der Waals surface area contributed by atoms with E-state index in [0.29, 0.717) is 12.1 Å². The Labute approximate surface area is 99.0 Å². The van der Waals surface area contributed by atoms with Gasteiger partial charge in [-0.2, -0.15) is 11.8 Å². The summed E-state index contributed by atoms with van der Waals surface area (Å²) in [5.41, 5.74) is 6.01. The minimum atomic E-state index is 0.466. The van der Waals surface area contributed by atoms with Crippen molar-refractivity contribution in [3.8, 4) is 0 Å². The van der Waals surface area contributed by atoms with Crippen LogP contribution in [0.1, 0.15) is 32.6 Å². The maximum Gasteiger partial charge on any atom is 0.0155 e. The molecule has 1 aliphatic rings. The summed E-state index contributed by atoms with van der Waals surface area (Å²) in [6.45, 7) is 3.55. The van der Waals surface area contributed by atoms with Crippen LogP contribution in [-0.4, -0.2) is 42.6 Å². The highest BCUT2D eigenvalue weighted by Crippen LogP contribution is 2.24. The molecule has 0 aromatic rings. The van der Waals surface area contributed by atoms with Gasteiger partial charge in [-0.05, 0) is 45.4 Å². The zero-order valence-corrected chi connectivity index (χ0v) is 11.2. The molecule has 0 saturated heterocycles. The van der Waals surface area contributed by atoms with Crippen LogP contribution in [0.5, 0.6) is 0 Å². The molecule has 1 rings (SSSR count). The molecule has 0 heterocycles. The number of thioether (sulfide) groups is 1. The fourth-order valence-electron chi connectivity index (χ4n) is 2.45. The van der Waals surface area contributed by atoms with Crippen LogP contribution in [0.4, 0.5) is 0 Å². The molecular weight excluding hydrogens is 204 g/mol. The predicted molar refractivity (Wildman–Crippen MR) is 70.4 cm³/mol. The topological polar surface area (TPSA) is 29.3 Å². The molecule has 1 aliphatic carbocycles. The maximum absolute atomic E-state index is 6.01. The summed E-state index contributed by atoms with van der Waals surface area (Å²) >= 11 is 1.93. The second-order valence-electron chi connectivity index (χ2n) is 5.04. The Hall–Kier alpha value is 0.270. The van der Waals surface area contributed by atoms with Crippen LogP contribution in [0.25, 0.3) is 0 Å². The molecule has 0 aromatic carbocycles. The summed E-state index contributed by atoms with van der Waals surface area (Å²) in [5, 5.41) is 0. The van der Waals surface area contributed by atoms with Gasteiger partial charge in [-0.15, -0.1) is 0 Å². The fraction of sp³-hybridized carbons (Fsp3) is 1.00. The van der Waals surface area contributed by atoms with Crippen molar-refractivity contribution in [2.75, 3.05) is 25.6 Å². The molecule has 2 N–H and O–H groups in total. The minimum absolute atomic E-state index is 0.466. The Kier molecular flexibility index (Phi) is 6.02. The normalized spacial score (nSPS) is 29.4. The molecule has 90 valence electrons. The Morgan fingerprint density at radius 2 is 2.20 bits per heavy atom. The standard InChI is InChI=1S/C12H26N2S/c1-10(9-15-3)14(2)8-11-5-4-6-12(13)7-11/h10-12H,4-9,13H2,1-3H3. The number of hydrogen-bond donors (Lipinski definition) is 1. The predicted octanol–water partition coefficient (Wildman–Crippen LogP) is 2.19. The molecule has 3 unspecified atom stereocenters. The summed E-state index contributed by atoms with van der Waals surface area (Å²) < 4.78 is 0.